The SMILES string of the molecule is CCCCC(CC)CCN(CC(C)CCC(CC)CCC)c1cc(F)c(F)c(C(F)(F)C(F)(F)F)c1F. The zero-order valence-corrected chi connectivity index (χ0v) is 22.8. The molecule has 0 saturated carbocycles. The van der Waals surface area contributed by atoms with Crippen molar-refractivity contribution in [2.24, 2.45) is 17.8 Å². The summed E-state index contributed by atoms with van der Waals surface area (Å²) in [5.41, 5.74) is -3.34. The minimum atomic E-state index is -6.28. The van der Waals surface area contributed by atoms with E-state index in [0.29, 0.717) is 18.4 Å². The molecule has 0 aliphatic carbocycles. The molecular weight excluding hydrogens is 502 g/mol. The summed E-state index contributed by atoms with van der Waals surface area (Å²) in [4.78, 5) is 1.33. The van der Waals surface area contributed by atoms with E-state index in [2.05, 4.69) is 13.8 Å². The molecule has 216 valence electrons. The van der Waals surface area contributed by atoms with Gasteiger partial charge in [0.15, 0.2) is 17.5 Å². The first-order valence-corrected chi connectivity index (χ1v) is 13.6. The van der Waals surface area contributed by atoms with E-state index >= 15 is 4.39 Å². The maximum Gasteiger partial charge on any atom is 0.458 e. The monoisotopic (exact) mass is 545 g/mol. The van der Waals surface area contributed by atoms with Gasteiger partial charge in [-0.05, 0) is 30.6 Å². The summed E-state index contributed by atoms with van der Waals surface area (Å²) >= 11 is 0. The fourth-order valence-corrected chi connectivity index (χ4v) is 4.88. The lowest BCUT2D eigenvalue weighted by atomic mass is 9.91. The van der Waals surface area contributed by atoms with Gasteiger partial charge in [0.1, 0.15) is 5.56 Å². The molecule has 1 aromatic rings. The van der Waals surface area contributed by atoms with Gasteiger partial charge >= 0.3 is 12.1 Å². The molecule has 9 heteroatoms. The van der Waals surface area contributed by atoms with Gasteiger partial charge in [-0.3, -0.25) is 0 Å². The van der Waals surface area contributed by atoms with E-state index in [4.69, 9.17) is 0 Å². The first-order chi connectivity index (χ1) is 17.2. The van der Waals surface area contributed by atoms with E-state index in [1.54, 1.807) is 0 Å². The van der Waals surface area contributed by atoms with Crippen molar-refractivity contribution in [1.29, 1.82) is 0 Å². The predicted octanol–water partition coefficient (Wildman–Crippen LogP) is 10.4. The number of hydrogen-bond acceptors (Lipinski definition) is 1. The number of hydrogen-bond donors (Lipinski definition) is 0. The van der Waals surface area contributed by atoms with Gasteiger partial charge in [0.25, 0.3) is 0 Å². The summed E-state index contributed by atoms with van der Waals surface area (Å²) in [6, 6.07) is 0.409. The number of halogens is 8. The van der Waals surface area contributed by atoms with Crippen molar-refractivity contribution < 1.29 is 35.1 Å². The van der Waals surface area contributed by atoms with E-state index < -0.39 is 40.8 Å². The Morgan fingerprint density at radius 3 is 1.86 bits per heavy atom. The highest BCUT2D eigenvalue weighted by Crippen LogP contribution is 2.47. The van der Waals surface area contributed by atoms with Crippen molar-refractivity contribution >= 4 is 5.69 Å². The first kappa shape index (κ1) is 33.5. The van der Waals surface area contributed by atoms with Crippen molar-refractivity contribution in [1.82, 2.24) is 0 Å². The minimum absolute atomic E-state index is 0.0688. The fraction of sp³-hybridized carbons (Fsp3) is 0.786. The van der Waals surface area contributed by atoms with E-state index in [9.17, 15) is 30.7 Å². The third kappa shape index (κ3) is 9.31. The average Bonchev–Trinajstić information content (AvgIpc) is 2.82. The molecule has 0 radical (unpaired) electrons. The number of unbranched alkanes of at least 4 members (excludes halogenated alkanes) is 1. The largest absolute Gasteiger partial charge is 0.458 e. The van der Waals surface area contributed by atoms with E-state index in [1.165, 1.54) is 4.90 Å². The highest BCUT2D eigenvalue weighted by atomic mass is 19.4. The van der Waals surface area contributed by atoms with Crippen LogP contribution in [0.15, 0.2) is 6.07 Å². The van der Waals surface area contributed by atoms with Gasteiger partial charge in [0.2, 0.25) is 0 Å². The van der Waals surface area contributed by atoms with Gasteiger partial charge in [0, 0.05) is 19.2 Å². The summed E-state index contributed by atoms with van der Waals surface area (Å²) in [5.74, 6) is -11.7. The lowest BCUT2D eigenvalue weighted by molar-refractivity contribution is -0.291. The number of alkyl halides is 5. The second-order valence-electron chi connectivity index (χ2n) is 10.3. The van der Waals surface area contributed by atoms with Crippen LogP contribution in [0, 0.1) is 35.2 Å². The van der Waals surface area contributed by atoms with Crippen molar-refractivity contribution in [3.8, 4) is 0 Å². The molecule has 3 atom stereocenters. The summed E-state index contributed by atoms with van der Waals surface area (Å²) < 4.78 is 111. The second kappa shape index (κ2) is 15.2. The summed E-state index contributed by atoms with van der Waals surface area (Å²) in [5, 5.41) is 0. The first-order valence-electron chi connectivity index (χ1n) is 13.6. The van der Waals surface area contributed by atoms with Crippen LogP contribution in [0.5, 0.6) is 0 Å². The number of rotatable bonds is 17. The quantitative estimate of drug-likeness (QED) is 0.139. The topological polar surface area (TPSA) is 3.24 Å². The van der Waals surface area contributed by atoms with Crippen LogP contribution in [0.4, 0.5) is 40.8 Å². The lowest BCUT2D eigenvalue weighted by Gasteiger charge is -2.32. The van der Waals surface area contributed by atoms with Crippen molar-refractivity contribution in [3.05, 3.63) is 29.1 Å². The van der Waals surface area contributed by atoms with Gasteiger partial charge in [0.05, 0.1) is 5.69 Å². The van der Waals surface area contributed by atoms with Crippen LogP contribution in [-0.4, -0.2) is 19.3 Å². The Bertz CT molecular complexity index is 808. The molecule has 0 heterocycles. The summed E-state index contributed by atoms with van der Waals surface area (Å²) in [7, 11) is 0. The Hall–Kier alpha value is -1.54. The van der Waals surface area contributed by atoms with E-state index in [1.807, 2.05) is 20.8 Å². The molecule has 1 rings (SSSR count). The Morgan fingerprint density at radius 1 is 0.757 bits per heavy atom. The number of nitrogens with zero attached hydrogens (tertiary/aromatic N) is 1. The fourth-order valence-electron chi connectivity index (χ4n) is 4.88. The van der Waals surface area contributed by atoms with Crippen LogP contribution in [0.25, 0.3) is 0 Å². The molecule has 1 nitrogen and oxygen atoms in total. The zero-order valence-electron chi connectivity index (χ0n) is 22.8. The number of benzene rings is 1. The molecule has 0 aliphatic rings. The average molecular weight is 546 g/mol. The smallest absolute Gasteiger partial charge is 0.369 e. The van der Waals surface area contributed by atoms with Gasteiger partial charge in [-0.15, -0.1) is 0 Å². The van der Waals surface area contributed by atoms with Crippen molar-refractivity contribution in [2.75, 3.05) is 18.0 Å². The van der Waals surface area contributed by atoms with Gasteiger partial charge in [-0.25, -0.2) is 13.2 Å². The van der Waals surface area contributed by atoms with Crippen LogP contribution in [0.1, 0.15) is 104 Å². The van der Waals surface area contributed by atoms with Gasteiger partial charge in [-0.2, -0.15) is 22.0 Å². The highest BCUT2D eigenvalue weighted by molar-refractivity contribution is 5.53. The molecular formula is C28H43F8N. The van der Waals surface area contributed by atoms with E-state index in [0.717, 1.165) is 57.8 Å². The Kier molecular flexibility index (Phi) is 13.7. The second-order valence-corrected chi connectivity index (χ2v) is 10.3. The van der Waals surface area contributed by atoms with E-state index in [-0.39, 0.29) is 24.9 Å². The molecule has 0 spiro atoms. The summed E-state index contributed by atoms with van der Waals surface area (Å²) in [6.45, 7) is 10.4. The van der Waals surface area contributed by atoms with Crippen LogP contribution < -0.4 is 4.90 Å². The van der Waals surface area contributed by atoms with Crippen molar-refractivity contribution in [2.45, 2.75) is 111 Å². The predicted molar refractivity (Wildman–Crippen MR) is 133 cm³/mol. The van der Waals surface area contributed by atoms with Crippen LogP contribution in [0.3, 0.4) is 0 Å². The zero-order chi connectivity index (χ0) is 28.4. The standard InChI is InChI=1S/C28H43F8N/c1-6-10-12-21(9-4)15-16-37(18-19(5)13-14-20(8-3)11-7-2)23-17-22(29)25(30)24(26(23)31)27(32,33)28(34,35)36/h17,19-21H,6-16,18H2,1-5H3. The number of anilines is 1. The van der Waals surface area contributed by atoms with Crippen LogP contribution in [-0.2, 0) is 5.92 Å². The van der Waals surface area contributed by atoms with Gasteiger partial charge < -0.3 is 4.90 Å². The van der Waals surface area contributed by atoms with Crippen molar-refractivity contribution in [3.63, 3.8) is 0 Å². The molecule has 0 aromatic heterocycles. The Labute approximate surface area is 217 Å². The van der Waals surface area contributed by atoms with Gasteiger partial charge in [-0.1, -0.05) is 86.0 Å². The third-order valence-electron chi connectivity index (χ3n) is 7.37. The normalized spacial score (nSPS) is 15.1. The highest BCUT2D eigenvalue weighted by Gasteiger charge is 2.62. The van der Waals surface area contributed by atoms with Crippen LogP contribution in [0.2, 0.25) is 0 Å². The molecule has 1 aromatic carbocycles. The maximum absolute atomic E-state index is 15.3. The third-order valence-corrected chi connectivity index (χ3v) is 7.37. The Balaban J connectivity index is 3.39. The molecule has 0 aliphatic heterocycles. The van der Waals surface area contributed by atoms with Crippen LogP contribution >= 0.6 is 0 Å². The summed E-state index contributed by atoms with van der Waals surface area (Å²) in [6.07, 6.45) is 2.60. The lowest BCUT2D eigenvalue weighted by Crippen LogP contribution is -2.37. The molecule has 37 heavy (non-hydrogen) atoms. The minimum Gasteiger partial charge on any atom is -0.369 e. The molecule has 0 N–H and O–H groups in total. The molecule has 0 amide bonds. The molecule has 0 saturated heterocycles. The molecule has 0 fully saturated rings. The molecule has 0 bridgehead atoms. The molecule has 3 unspecified atom stereocenters. The maximum atomic E-state index is 15.3. The Morgan fingerprint density at radius 2 is 1.35 bits per heavy atom.